The average Bonchev–Trinajstić information content (AvgIpc) is 2.28. The second kappa shape index (κ2) is 5.90. The number of amides is 2. The minimum Gasteiger partial charge on any atom is -0.480 e. The molecule has 0 saturated heterocycles. The number of carboxylic acids is 1. The number of aliphatic carboxylic acids is 1. The highest BCUT2D eigenvalue weighted by Gasteiger charge is 2.14. The van der Waals surface area contributed by atoms with Crippen molar-refractivity contribution in [2.24, 2.45) is 0 Å². The van der Waals surface area contributed by atoms with Gasteiger partial charge in [-0.1, -0.05) is 12.1 Å². The monoisotopic (exact) mass is 251 g/mol. The Morgan fingerprint density at radius 2 is 1.89 bits per heavy atom. The Hall–Kier alpha value is -2.24. The summed E-state index contributed by atoms with van der Waals surface area (Å²) in [5.41, 5.74) is 1.47. The van der Waals surface area contributed by atoms with E-state index >= 15 is 0 Å². The number of carboxylic acid groups (broad SMARTS) is 1. The zero-order chi connectivity index (χ0) is 13.7. The fourth-order valence-electron chi connectivity index (χ4n) is 1.39. The third kappa shape index (κ3) is 3.65. The molecule has 98 valence electrons. The third-order valence-corrected chi connectivity index (χ3v) is 2.35. The number of carbonyl (C=O) groups is 2. The van der Waals surface area contributed by atoms with E-state index in [4.69, 9.17) is 5.11 Å². The van der Waals surface area contributed by atoms with Gasteiger partial charge in [0.25, 0.3) is 0 Å². The summed E-state index contributed by atoms with van der Waals surface area (Å²) in [4.78, 5) is 24.1. The van der Waals surface area contributed by atoms with Crippen LogP contribution in [-0.4, -0.2) is 37.2 Å². The first-order valence-electron chi connectivity index (χ1n) is 5.48. The van der Waals surface area contributed by atoms with Gasteiger partial charge in [-0.2, -0.15) is 0 Å². The van der Waals surface area contributed by atoms with Gasteiger partial charge in [-0.25, -0.2) is 4.79 Å². The molecule has 0 heterocycles. The van der Waals surface area contributed by atoms with Crippen molar-refractivity contribution in [1.82, 2.24) is 5.32 Å². The molecule has 1 aromatic rings. The number of urea groups is 1. The van der Waals surface area contributed by atoms with E-state index in [9.17, 15) is 9.59 Å². The lowest BCUT2D eigenvalue weighted by Crippen LogP contribution is -2.41. The molecular formula is C12H17N3O3. The maximum atomic E-state index is 11.6. The highest BCUT2D eigenvalue weighted by molar-refractivity contribution is 5.95. The van der Waals surface area contributed by atoms with Crippen molar-refractivity contribution in [3.05, 3.63) is 24.3 Å². The van der Waals surface area contributed by atoms with E-state index in [1.165, 1.54) is 6.92 Å². The van der Waals surface area contributed by atoms with Crippen LogP contribution in [0.1, 0.15) is 6.92 Å². The van der Waals surface area contributed by atoms with Gasteiger partial charge < -0.3 is 20.6 Å². The Labute approximate surface area is 106 Å². The quantitative estimate of drug-likeness (QED) is 0.754. The van der Waals surface area contributed by atoms with Crippen LogP contribution in [0.2, 0.25) is 0 Å². The molecule has 0 aliphatic carbocycles. The molecule has 1 aromatic carbocycles. The first kappa shape index (κ1) is 13.8. The van der Waals surface area contributed by atoms with Gasteiger partial charge in [0.15, 0.2) is 0 Å². The number of nitrogens with one attached hydrogen (secondary N) is 2. The fourth-order valence-corrected chi connectivity index (χ4v) is 1.39. The van der Waals surface area contributed by atoms with Gasteiger partial charge in [0, 0.05) is 14.1 Å². The average molecular weight is 251 g/mol. The van der Waals surface area contributed by atoms with Crippen molar-refractivity contribution in [3.8, 4) is 0 Å². The van der Waals surface area contributed by atoms with Gasteiger partial charge in [-0.15, -0.1) is 0 Å². The van der Waals surface area contributed by atoms with Crippen molar-refractivity contribution in [3.63, 3.8) is 0 Å². The van der Waals surface area contributed by atoms with E-state index in [0.29, 0.717) is 5.69 Å². The molecule has 18 heavy (non-hydrogen) atoms. The fraction of sp³-hybridized carbons (Fsp3) is 0.333. The van der Waals surface area contributed by atoms with Crippen LogP contribution in [0.3, 0.4) is 0 Å². The Morgan fingerprint density at radius 1 is 1.28 bits per heavy atom. The normalized spacial score (nSPS) is 11.5. The number of anilines is 2. The largest absolute Gasteiger partial charge is 0.480 e. The third-order valence-electron chi connectivity index (χ3n) is 2.35. The Kier molecular flexibility index (Phi) is 4.53. The predicted octanol–water partition coefficient (Wildman–Crippen LogP) is 1.35. The number of hydrogen-bond acceptors (Lipinski definition) is 3. The number of rotatable bonds is 4. The highest BCUT2D eigenvalue weighted by Crippen LogP contribution is 2.23. The SMILES string of the molecule is C[C@H](NC(=O)Nc1ccccc1N(C)C)C(=O)O. The summed E-state index contributed by atoms with van der Waals surface area (Å²) in [6.45, 7) is 1.40. The molecule has 6 nitrogen and oxygen atoms in total. The molecule has 0 radical (unpaired) electrons. The van der Waals surface area contributed by atoms with E-state index in [0.717, 1.165) is 5.69 Å². The van der Waals surface area contributed by atoms with E-state index in [1.54, 1.807) is 12.1 Å². The lowest BCUT2D eigenvalue weighted by Gasteiger charge is -2.18. The molecule has 2 amide bonds. The maximum Gasteiger partial charge on any atom is 0.325 e. The molecule has 6 heteroatoms. The molecule has 0 bridgehead atoms. The Morgan fingerprint density at radius 3 is 2.44 bits per heavy atom. The number of hydrogen-bond donors (Lipinski definition) is 3. The first-order chi connectivity index (χ1) is 8.41. The predicted molar refractivity (Wildman–Crippen MR) is 70.0 cm³/mol. The summed E-state index contributed by atoms with van der Waals surface area (Å²) in [7, 11) is 3.72. The van der Waals surface area contributed by atoms with Crippen molar-refractivity contribution >= 4 is 23.4 Å². The van der Waals surface area contributed by atoms with Gasteiger partial charge in [0.2, 0.25) is 0 Å². The second-order valence-electron chi connectivity index (χ2n) is 4.07. The molecule has 0 unspecified atom stereocenters. The summed E-state index contributed by atoms with van der Waals surface area (Å²) < 4.78 is 0. The molecule has 0 aliphatic rings. The highest BCUT2D eigenvalue weighted by atomic mass is 16.4. The van der Waals surface area contributed by atoms with Crippen LogP contribution in [0.25, 0.3) is 0 Å². The molecule has 0 saturated carbocycles. The Bertz CT molecular complexity index is 446. The molecule has 3 N–H and O–H groups in total. The van der Waals surface area contributed by atoms with Crippen molar-refractivity contribution in [2.75, 3.05) is 24.3 Å². The molecule has 0 aromatic heterocycles. The summed E-state index contributed by atoms with van der Waals surface area (Å²) in [6.07, 6.45) is 0. The van der Waals surface area contributed by atoms with Crippen LogP contribution in [0.15, 0.2) is 24.3 Å². The van der Waals surface area contributed by atoms with E-state index in [1.807, 2.05) is 31.1 Å². The van der Waals surface area contributed by atoms with Gasteiger partial charge in [0.05, 0.1) is 11.4 Å². The minimum absolute atomic E-state index is 0.542. The van der Waals surface area contributed by atoms with E-state index < -0.39 is 18.0 Å². The summed E-state index contributed by atoms with van der Waals surface area (Å²) in [6, 6.07) is 5.79. The van der Waals surface area contributed by atoms with Gasteiger partial charge in [0.1, 0.15) is 6.04 Å². The number of carbonyl (C=O) groups excluding carboxylic acids is 1. The topological polar surface area (TPSA) is 81.7 Å². The second-order valence-corrected chi connectivity index (χ2v) is 4.07. The van der Waals surface area contributed by atoms with Crippen LogP contribution in [0.5, 0.6) is 0 Å². The van der Waals surface area contributed by atoms with Crippen LogP contribution < -0.4 is 15.5 Å². The number of para-hydroxylation sites is 2. The van der Waals surface area contributed by atoms with E-state index in [-0.39, 0.29) is 0 Å². The zero-order valence-corrected chi connectivity index (χ0v) is 10.6. The number of benzene rings is 1. The molecule has 0 fully saturated rings. The number of nitrogens with zero attached hydrogens (tertiary/aromatic N) is 1. The first-order valence-corrected chi connectivity index (χ1v) is 5.48. The standard InChI is InChI=1S/C12H17N3O3/c1-8(11(16)17)13-12(18)14-9-6-4-5-7-10(9)15(2)3/h4-8H,1-3H3,(H,16,17)(H2,13,14,18)/t8-/m0/s1. The van der Waals surface area contributed by atoms with Crippen molar-refractivity contribution in [2.45, 2.75) is 13.0 Å². The zero-order valence-electron chi connectivity index (χ0n) is 10.6. The lowest BCUT2D eigenvalue weighted by molar-refractivity contribution is -0.138. The van der Waals surface area contributed by atoms with Crippen molar-refractivity contribution in [1.29, 1.82) is 0 Å². The minimum atomic E-state index is -1.08. The molecule has 0 aliphatic heterocycles. The van der Waals surface area contributed by atoms with Crippen LogP contribution >= 0.6 is 0 Å². The Balaban J connectivity index is 2.73. The smallest absolute Gasteiger partial charge is 0.325 e. The van der Waals surface area contributed by atoms with Crippen LogP contribution in [-0.2, 0) is 4.79 Å². The molecule has 1 atom stereocenters. The summed E-state index contributed by atoms with van der Waals surface area (Å²) in [5, 5.41) is 13.6. The molecule has 0 spiro atoms. The molecular weight excluding hydrogens is 234 g/mol. The van der Waals surface area contributed by atoms with Gasteiger partial charge in [-0.05, 0) is 19.1 Å². The maximum absolute atomic E-state index is 11.6. The molecule has 1 rings (SSSR count). The van der Waals surface area contributed by atoms with Crippen LogP contribution in [0.4, 0.5) is 16.2 Å². The van der Waals surface area contributed by atoms with Crippen LogP contribution in [0, 0.1) is 0 Å². The lowest BCUT2D eigenvalue weighted by atomic mass is 10.2. The van der Waals surface area contributed by atoms with Crippen molar-refractivity contribution < 1.29 is 14.7 Å². The van der Waals surface area contributed by atoms with Gasteiger partial charge in [-0.3, -0.25) is 4.79 Å². The van der Waals surface area contributed by atoms with Gasteiger partial charge >= 0.3 is 12.0 Å². The summed E-state index contributed by atoms with van der Waals surface area (Å²) in [5.74, 6) is -1.08. The van der Waals surface area contributed by atoms with E-state index in [2.05, 4.69) is 10.6 Å². The summed E-state index contributed by atoms with van der Waals surface area (Å²) >= 11 is 0.